The van der Waals surface area contributed by atoms with Gasteiger partial charge in [-0.05, 0) is 38.7 Å². The first-order valence-electron chi connectivity index (χ1n) is 7.23. The average molecular weight is 265 g/mol. The fourth-order valence-corrected chi connectivity index (χ4v) is 1.92. The van der Waals surface area contributed by atoms with Crippen LogP contribution in [0.15, 0.2) is 12.1 Å². The molecule has 0 aliphatic rings. The predicted octanol–water partition coefficient (Wildman–Crippen LogP) is 2.22. The van der Waals surface area contributed by atoms with E-state index in [1.54, 1.807) is 0 Å². The third-order valence-corrected chi connectivity index (χ3v) is 3.17. The van der Waals surface area contributed by atoms with Gasteiger partial charge in [-0.1, -0.05) is 20.8 Å². The molecule has 0 saturated heterocycles. The molecular weight excluding hydrogens is 238 g/mol. The van der Waals surface area contributed by atoms with E-state index in [4.69, 9.17) is 4.74 Å². The molecule has 0 aliphatic heterocycles. The van der Waals surface area contributed by atoms with Crippen LogP contribution in [0.4, 0.5) is 0 Å². The fraction of sp³-hybridized carbons (Fsp3) is 0.667. The molecule has 4 heteroatoms. The van der Waals surface area contributed by atoms with E-state index < -0.39 is 0 Å². The summed E-state index contributed by atoms with van der Waals surface area (Å²) in [5.74, 6) is 0.902. The Kier molecular flexibility index (Phi) is 7.45. The second kappa shape index (κ2) is 8.88. The van der Waals surface area contributed by atoms with Crippen molar-refractivity contribution < 1.29 is 4.74 Å². The highest BCUT2D eigenvalue weighted by Crippen LogP contribution is 2.16. The third-order valence-electron chi connectivity index (χ3n) is 3.17. The van der Waals surface area contributed by atoms with Gasteiger partial charge in [-0.2, -0.15) is 0 Å². The van der Waals surface area contributed by atoms with Gasteiger partial charge in [-0.3, -0.25) is 4.98 Å². The number of rotatable bonds is 9. The summed E-state index contributed by atoms with van der Waals surface area (Å²) in [6.45, 7) is 14.0. The minimum Gasteiger partial charge on any atom is -0.490 e. The molecule has 108 valence electrons. The van der Waals surface area contributed by atoms with E-state index >= 15 is 0 Å². The minimum absolute atomic E-state index is 0.714. The zero-order chi connectivity index (χ0) is 14.1. The summed E-state index contributed by atoms with van der Waals surface area (Å²) in [5, 5.41) is 3.30. The third kappa shape index (κ3) is 5.57. The van der Waals surface area contributed by atoms with Crippen LogP contribution in [0.2, 0.25) is 0 Å². The lowest BCUT2D eigenvalue weighted by Gasteiger charge is -2.19. The molecule has 1 rings (SSSR count). The van der Waals surface area contributed by atoms with Crippen molar-refractivity contribution in [2.75, 3.05) is 32.8 Å². The topological polar surface area (TPSA) is 37.4 Å². The maximum absolute atomic E-state index is 5.88. The van der Waals surface area contributed by atoms with Gasteiger partial charge < -0.3 is 15.0 Å². The number of aromatic nitrogens is 1. The largest absolute Gasteiger partial charge is 0.490 e. The standard InChI is InChI=1S/C15H27N3O/c1-5-16-12-14-15(9-8-13(4)17-14)19-11-10-18(6-2)7-3/h8-9,16H,5-7,10-12H2,1-4H3. The van der Waals surface area contributed by atoms with E-state index in [0.717, 1.165) is 49.9 Å². The molecule has 0 aliphatic carbocycles. The number of pyridine rings is 1. The van der Waals surface area contributed by atoms with Crippen LogP contribution in [0.1, 0.15) is 32.2 Å². The van der Waals surface area contributed by atoms with Crippen LogP contribution in [-0.2, 0) is 6.54 Å². The van der Waals surface area contributed by atoms with Gasteiger partial charge >= 0.3 is 0 Å². The van der Waals surface area contributed by atoms with Crippen molar-refractivity contribution >= 4 is 0 Å². The average Bonchev–Trinajstić information content (AvgIpc) is 2.43. The molecule has 0 fully saturated rings. The number of ether oxygens (including phenoxy) is 1. The molecular formula is C15H27N3O. The summed E-state index contributed by atoms with van der Waals surface area (Å²) in [5.41, 5.74) is 2.03. The normalized spacial score (nSPS) is 11.0. The zero-order valence-corrected chi connectivity index (χ0v) is 12.7. The van der Waals surface area contributed by atoms with Crippen LogP contribution in [0.25, 0.3) is 0 Å². The van der Waals surface area contributed by atoms with E-state index in [9.17, 15) is 0 Å². The van der Waals surface area contributed by atoms with E-state index in [2.05, 4.69) is 36.0 Å². The highest BCUT2D eigenvalue weighted by molar-refractivity contribution is 5.29. The van der Waals surface area contributed by atoms with Gasteiger partial charge in [0.25, 0.3) is 0 Å². The first kappa shape index (κ1) is 15.9. The fourth-order valence-electron chi connectivity index (χ4n) is 1.92. The molecule has 0 radical (unpaired) electrons. The van der Waals surface area contributed by atoms with Gasteiger partial charge in [-0.15, -0.1) is 0 Å². The number of nitrogens with zero attached hydrogens (tertiary/aromatic N) is 2. The zero-order valence-electron chi connectivity index (χ0n) is 12.7. The molecule has 0 unspecified atom stereocenters. The Morgan fingerprint density at radius 2 is 1.95 bits per heavy atom. The van der Waals surface area contributed by atoms with Gasteiger partial charge in [0, 0.05) is 18.8 Å². The summed E-state index contributed by atoms with van der Waals surface area (Å²) in [4.78, 5) is 6.90. The summed E-state index contributed by atoms with van der Waals surface area (Å²) in [6, 6.07) is 4.03. The van der Waals surface area contributed by atoms with Gasteiger partial charge in [0.1, 0.15) is 12.4 Å². The van der Waals surface area contributed by atoms with E-state index in [-0.39, 0.29) is 0 Å². The molecule has 1 aromatic rings. The lowest BCUT2D eigenvalue weighted by atomic mass is 10.3. The molecule has 1 N–H and O–H groups in total. The number of nitrogens with one attached hydrogen (secondary N) is 1. The number of likely N-dealkylation sites (N-methyl/N-ethyl adjacent to an activating group) is 1. The molecule has 0 saturated carbocycles. The second-order valence-corrected chi connectivity index (χ2v) is 4.55. The Bertz CT molecular complexity index is 364. The molecule has 4 nitrogen and oxygen atoms in total. The van der Waals surface area contributed by atoms with Gasteiger partial charge in [0.2, 0.25) is 0 Å². The Balaban J connectivity index is 2.56. The SMILES string of the molecule is CCNCc1nc(C)ccc1OCCN(CC)CC. The molecule has 0 spiro atoms. The quantitative estimate of drug-likeness (QED) is 0.743. The van der Waals surface area contributed by atoms with Crippen LogP contribution >= 0.6 is 0 Å². The molecule has 0 atom stereocenters. The molecule has 1 aromatic heterocycles. The van der Waals surface area contributed by atoms with Crippen LogP contribution in [0.3, 0.4) is 0 Å². The van der Waals surface area contributed by atoms with Crippen molar-refractivity contribution in [2.45, 2.75) is 34.2 Å². The van der Waals surface area contributed by atoms with Gasteiger partial charge in [0.05, 0.1) is 5.69 Å². The smallest absolute Gasteiger partial charge is 0.142 e. The maximum Gasteiger partial charge on any atom is 0.142 e. The van der Waals surface area contributed by atoms with Crippen LogP contribution in [0.5, 0.6) is 5.75 Å². The van der Waals surface area contributed by atoms with Crippen molar-refractivity contribution in [3.05, 3.63) is 23.5 Å². The van der Waals surface area contributed by atoms with Crippen molar-refractivity contribution in [2.24, 2.45) is 0 Å². The van der Waals surface area contributed by atoms with Crippen molar-refractivity contribution in [3.8, 4) is 5.75 Å². The summed E-state index contributed by atoms with van der Waals surface area (Å²) in [7, 11) is 0. The number of aryl methyl sites for hydroxylation is 1. The van der Waals surface area contributed by atoms with Crippen LogP contribution in [0, 0.1) is 6.92 Å². The number of hydrogen-bond donors (Lipinski definition) is 1. The Morgan fingerprint density at radius 1 is 1.21 bits per heavy atom. The Morgan fingerprint density at radius 3 is 2.58 bits per heavy atom. The molecule has 1 heterocycles. The Labute approximate surface area is 117 Å². The van der Waals surface area contributed by atoms with E-state index in [0.29, 0.717) is 6.61 Å². The highest BCUT2D eigenvalue weighted by atomic mass is 16.5. The number of hydrogen-bond acceptors (Lipinski definition) is 4. The first-order chi connectivity index (χ1) is 9.21. The van der Waals surface area contributed by atoms with E-state index in [1.165, 1.54) is 0 Å². The van der Waals surface area contributed by atoms with Crippen LogP contribution in [-0.4, -0.2) is 42.7 Å². The lowest BCUT2D eigenvalue weighted by molar-refractivity contribution is 0.221. The monoisotopic (exact) mass is 265 g/mol. The molecule has 0 bridgehead atoms. The summed E-state index contributed by atoms with van der Waals surface area (Å²) >= 11 is 0. The lowest BCUT2D eigenvalue weighted by Crippen LogP contribution is -2.28. The van der Waals surface area contributed by atoms with Gasteiger partial charge in [-0.25, -0.2) is 0 Å². The second-order valence-electron chi connectivity index (χ2n) is 4.55. The maximum atomic E-state index is 5.88. The summed E-state index contributed by atoms with van der Waals surface area (Å²) < 4.78 is 5.88. The highest BCUT2D eigenvalue weighted by Gasteiger charge is 2.06. The molecule has 0 amide bonds. The van der Waals surface area contributed by atoms with Crippen LogP contribution < -0.4 is 10.1 Å². The first-order valence-corrected chi connectivity index (χ1v) is 7.23. The Hall–Kier alpha value is -1.13. The van der Waals surface area contributed by atoms with Crippen molar-refractivity contribution in [1.82, 2.24) is 15.2 Å². The minimum atomic E-state index is 0.714. The predicted molar refractivity (Wildman–Crippen MR) is 79.6 cm³/mol. The van der Waals surface area contributed by atoms with E-state index in [1.807, 2.05) is 19.1 Å². The molecule has 0 aromatic carbocycles. The molecule has 19 heavy (non-hydrogen) atoms. The summed E-state index contributed by atoms with van der Waals surface area (Å²) in [6.07, 6.45) is 0. The van der Waals surface area contributed by atoms with Crippen molar-refractivity contribution in [1.29, 1.82) is 0 Å². The van der Waals surface area contributed by atoms with Crippen molar-refractivity contribution in [3.63, 3.8) is 0 Å². The van der Waals surface area contributed by atoms with Gasteiger partial charge in [0.15, 0.2) is 0 Å².